The van der Waals surface area contributed by atoms with E-state index in [0.29, 0.717) is 24.0 Å². The second-order valence-corrected chi connectivity index (χ2v) is 16.0. The van der Waals surface area contributed by atoms with Crippen LogP contribution in [-0.4, -0.2) is 115 Å². The Balaban J connectivity index is 1.34. The number of aliphatic carboxylic acids is 3. The summed E-state index contributed by atoms with van der Waals surface area (Å²) in [7, 11) is -5.11. The van der Waals surface area contributed by atoms with Gasteiger partial charge in [0.25, 0.3) is 5.91 Å². The molecule has 1 heterocycles. The first-order valence-electron chi connectivity index (χ1n) is 19.5. The van der Waals surface area contributed by atoms with Gasteiger partial charge in [-0.25, -0.2) is 19.2 Å². The lowest BCUT2D eigenvalue weighted by Gasteiger charge is -2.35. The molecule has 0 spiro atoms. The Morgan fingerprint density at radius 2 is 1.58 bits per heavy atom. The number of ketones is 1. The van der Waals surface area contributed by atoms with E-state index >= 15 is 0 Å². The average molecular weight is 917 g/mol. The maximum atomic E-state index is 13.1. The summed E-state index contributed by atoms with van der Waals surface area (Å²) in [5.41, 5.74) is 6.05. The molecule has 0 aromatic heterocycles. The number of aromatic hydroxyl groups is 1. The molecule has 24 heteroatoms. The van der Waals surface area contributed by atoms with Crippen molar-refractivity contribution in [3.8, 4) is 11.5 Å². The maximum Gasteiger partial charge on any atom is 0.403 e. The number of esters is 2. The molecule has 2 aromatic carbocycles. The average Bonchev–Trinajstić information content (AvgIpc) is 3.22. The van der Waals surface area contributed by atoms with E-state index in [1.165, 1.54) is 42.5 Å². The first-order valence-corrected chi connectivity index (χ1v) is 21.1. The minimum Gasteiger partial charge on any atom is -0.508 e. The molecule has 2 amide bonds. The van der Waals surface area contributed by atoms with E-state index in [0.717, 1.165) is 0 Å². The Morgan fingerprint density at radius 3 is 2.25 bits per heavy atom. The molecule has 1 aliphatic heterocycles. The van der Waals surface area contributed by atoms with Crippen LogP contribution in [0.25, 0.3) is 0 Å². The number of ether oxygens (including phenoxy) is 2. The topological polar surface area (TPSA) is 382 Å². The number of allylic oxidation sites excluding steroid dienone is 3. The Hall–Kier alpha value is -6.78. The molecule has 64 heavy (non-hydrogen) atoms. The molecule has 3 unspecified atom stereocenters. The van der Waals surface area contributed by atoms with Gasteiger partial charge in [-0.3, -0.25) is 38.1 Å². The summed E-state index contributed by atoms with van der Waals surface area (Å²) in [6.07, 6.45) is 2.31. The normalized spacial score (nSPS) is 17.4. The molecule has 0 bridgehead atoms. The molecule has 1 aliphatic carbocycles. The Bertz CT molecular complexity index is 2290. The summed E-state index contributed by atoms with van der Waals surface area (Å²) in [4.78, 5) is 119. The van der Waals surface area contributed by atoms with Crippen LogP contribution in [0.5, 0.6) is 11.5 Å². The lowest BCUT2D eigenvalue weighted by Crippen LogP contribution is -2.46. The second-order valence-electron chi connectivity index (χ2n) is 14.5. The van der Waals surface area contributed by atoms with E-state index in [4.69, 9.17) is 25.2 Å². The van der Waals surface area contributed by atoms with Gasteiger partial charge >= 0.3 is 43.6 Å². The predicted octanol–water partition coefficient (Wildman–Crippen LogP) is 1.32. The zero-order chi connectivity index (χ0) is 47.3. The van der Waals surface area contributed by atoms with Crippen LogP contribution in [0, 0.1) is 5.92 Å². The van der Waals surface area contributed by atoms with Crippen LogP contribution in [0.15, 0.2) is 60.4 Å². The fraction of sp³-hybridized carbons (Fsp3) is 0.375. The van der Waals surface area contributed by atoms with Crippen LogP contribution < -0.4 is 26.2 Å². The number of carbonyl (C=O) groups excluding carboxylic acids is 5. The zero-order valence-corrected chi connectivity index (χ0v) is 34.6. The van der Waals surface area contributed by atoms with Gasteiger partial charge in [0.1, 0.15) is 29.3 Å². The molecule has 11 N–H and O–H groups in total. The van der Waals surface area contributed by atoms with Crippen LogP contribution in [0.3, 0.4) is 0 Å². The molecule has 0 fully saturated rings. The number of nitrogens with one attached hydrogen (secondary N) is 3. The van der Waals surface area contributed by atoms with E-state index in [1.54, 1.807) is 17.2 Å². The fourth-order valence-electron chi connectivity index (χ4n) is 6.53. The van der Waals surface area contributed by atoms with Crippen molar-refractivity contribution in [1.82, 2.24) is 15.7 Å². The fourth-order valence-corrected chi connectivity index (χ4v) is 7.59. The van der Waals surface area contributed by atoms with Crippen molar-refractivity contribution in [3.05, 3.63) is 82.6 Å². The number of fused-ring (bicyclic) bond motifs is 2. The van der Waals surface area contributed by atoms with Gasteiger partial charge in [-0.1, -0.05) is 24.6 Å². The lowest BCUT2D eigenvalue weighted by atomic mass is 9.74. The highest BCUT2D eigenvalue weighted by molar-refractivity contribution is 7.50. The third kappa shape index (κ3) is 14.4. The van der Waals surface area contributed by atoms with Crippen LogP contribution in [0.1, 0.15) is 89.1 Å². The van der Waals surface area contributed by atoms with E-state index in [1.807, 2.05) is 0 Å². The Morgan fingerprint density at radius 1 is 0.859 bits per heavy atom. The smallest absolute Gasteiger partial charge is 0.403 e. The largest absolute Gasteiger partial charge is 0.508 e. The highest BCUT2D eigenvalue weighted by Crippen LogP contribution is 2.49. The summed E-state index contributed by atoms with van der Waals surface area (Å²) in [6.45, 7) is -1.08. The molecular formula is C40H45N4O19P. The Labute approximate surface area is 362 Å². The number of aromatic carboxylic acids is 1. The predicted molar refractivity (Wildman–Crippen MR) is 216 cm³/mol. The van der Waals surface area contributed by atoms with Gasteiger partial charge < -0.3 is 56.3 Å². The van der Waals surface area contributed by atoms with Gasteiger partial charge in [-0.05, 0) is 55.5 Å². The standard InChI is InChI=1S/C40H45N4O19P/c41-27(38(54)55)11-14-34(50)63-40(58)29(19-61-64(59,60)44-28(39(56)57)12-13-33(48)49)43-32(47)4-2-1-3-15-42-36(51)20-5-8-23(26(16-20)37(52)53)35-24-9-6-21(45)17-30(24)62-31-18-22(46)7-10-25(31)35/h5-10,16-18,24,27-29,35,46H,1-4,11-15,19,41H2,(H,42,51)(H,43,47)(H,48,49)(H,52,53)(H,54,55)(H,56,57)(H2,44,59,60)/t24?,27-,28-,29-,35?/m0/s1. The number of unbranched alkanes of at least 4 members (excludes halogenated alkanes) is 2. The summed E-state index contributed by atoms with van der Waals surface area (Å²) in [6, 6.07) is 3.22. The number of hydrogen-bond donors (Lipinski definition) is 10. The Kier molecular flexibility index (Phi) is 17.6. The van der Waals surface area contributed by atoms with E-state index in [2.05, 4.69) is 15.4 Å². The minimum atomic E-state index is -5.11. The minimum absolute atomic E-state index is 0.0216. The number of carboxylic acid groups (broad SMARTS) is 4. The first-order chi connectivity index (χ1) is 30.1. The molecule has 0 radical (unpaired) electrons. The van der Waals surface area contributed by atoms with Crippen LogP contribution in [-0.2, 0) is 47.4 Å². The second kappa shape index (κ2) is 22.5. The summed E-state index contributed by atoms with van der Waals surface area (Å²) < 4.78 is 27.9. The number of carbonyl (C=O) groups is 9. The zero-order valence-electron chi connectivity index (χ0n) is 33.7. The monoisotopic (exact) mass is 916 g/mol. The van der Waals surface area contributed by atoms with Gasteiger partial charge in [0.15, 0.2) is 11.8 Å². The van der Waals surface area contributed by atoms with Gasteiger partial charge in [0, 0.05) is 60.9 Å². The number of rotatable bonds is 24. The molecule has 344 valence electrons. The maximum absolute atomic E-state index is 13.1. The molecule has 2 aliphatic rings. The summed E-state index contributed by atoms with van der Waals surface area (Å²) >= 11 is 0. The molecular weight excluding hydrogens is 871 g/mol. The highest BCUT2D eigenvalue weighted by atomic mass is 31.2. The summed E-state index contributed by atoms with van der Waals surface area (Å²) in [5, 5.41) is 53.9. The van der Waals surface area contributed by atoms with Crippen molar-refractivity contribution in [2.24, 2.45) is 11.7 Å². The van der Waals surface area contributed by atoms with Gasteiger partial charge in [-0.2, -0.15) is 0 Å². The molecule has 4 rings (SSSR count). The van der Waals surface area contributed by atoms with Crippen LogP contribution in [0.2, 0.25) is 0 Å². The van der Waals surface area contributed by atoms with Gasteiger partial charge in [0.2, 0.25) is 5.91 Å². The van der Waals surface area contributed by atoms with Crippen molar-refractivity contribution in [1.29, 1.82) is 0 Å². The van der Waals surface area contributed by atoms with Crippen LogP contribution in [0.4, 0.5) is 0 Å². The van der Waals surface area contributed by atoms with E-state index < -0.39 is 118 Å². The number of nitrogens with two attached hydrogens (primary N) is 1. The van der Waals surface area contributed by atoms with Gasteiger partial charge in [-0.15, -0.1) is 0 Å². The summed E-state index contributed by atoms with van der Waals surface area (Å²) in [5.74, 6) is -11.2. The highest BCUT2D eigenvalue weighted by Gasteiger charge is 2.39. The SMILES string of the molecule is N[C@@H](CCC(=O)OC(=O)[C@H](COP(=O)(O)N[C@@H](CCC(=O)O)C(=O)O)NC(=O)CCCCCNC(=O)c1ccc(C2c3ccc(O)cc3OC3=CC(=O)C=CC32)c(C(=O)O)c1)C(=O)O. The van der Waals surface area contributed by atoms with E-state index in [9.17, 15) is 67.9 Å². The third-order valence-corrected chi connectivity index (χ3v) is 10.9. The number of benzene rings is 2. The molecule has 2 aromatic rings. The molecule has 23 nitrogen and oxygen atoms in total. The van der Waals surface area contributed by atoms with E-state index in [-0.39, 0.29) is 53.6 Å². The third-order valence-electron chi connectivity index (χ3n) is 9.74. The van der Waals surface area contributed by atoms with Crippen LogP contribution >= 0.6 is 7.75 Å². The van der Waals surface area contributed by atoms with Crippen molar-refractivity contribution < 1.29 is 92.1 Å². The van der Waals surface area contributed by atoms with Crippen molar-refractivity contribution in [3.63, 3.8) is 0 Å². The van der Waals surface area contributed by atoms with Gasteiger partial charge in [0.05, 0.1) is 12.2 Å². The molecule has 0 saturated heterocycles. The van der Waals surface area contributed by atoms with Crippen molar-refractivity contribution in [2.45, 2.75) is 75.4 Å². The number of carboxylic acids is 4. The first kappa shape index (κ1) is 49.9. The lowest BCUT2D eigenvalue weighted by molar-refractivity contribution is -0.162. The van der Waals surface area contributed by atoms with Crippen molar-refractivity contribution >= 4 is 61.2 Å². The molecule has 0 saturated carbocycles. The number of amides is 2. The number of phenols is 1. The van der Waals surface area contributed by atoms with Crippen molar-refractivity contribution in [2.75, 3.05) is 13.2 Å². The number of hydrogen-bond acceptors (Lipinski definition) is 15. The quantitative estimate of drug-likeness (QED) is 0.0307. The number of phenolic OH excluding ortho intramolecular Hbond substituents is 1. The molecule has 6 atom stereocenters.